The van der Waals surface area contributed by atoms with Gasteiger partial charge in [0.15, 0.2) is 0 Å². The summed E-state index contributed by atoms with van der Waals surface area (Å²) in [6.45, 7) is 1.81. The highest BCUT2D eigenvalue weighted by Gasteiger charge is 2.16. The summed E-state index contributed by atoms with van der Waals surface area (Å²) in [6.07, 6.45) is -1.00. The molecule has 0 aliphatic heterocycles. The molecule has 0 saturated carbocycles. The Balaban J connectivity index is 2.83. The maximum absolute atomic E-state index is 13.7. The van der Waals surface area contributed by atoms with Gasteiger partial charge in [-0.15, -0.1) is 0 Å². The van der Waals surface area contributed by atoms with Gasteiger partial charge in [0.2, 0.25) is 0 Å². The quantitative estimate of drug-likeness (QED) is 0.799. The van der Waals surface area contributed by atoms with E-state index in [1.165, 1.54) is 0 Å². The highest BCUT2D eigenvalue weighted by molar-refractivity contribution is 5.30. The minimum Gasteiger partial charge on any atom is -0.497 e. The predicted molar refractivity (Wildman–Crippen MR) is 55.4 cm³/mol. The summed E-state index contributed by atoms with van der Waals surface area (Å²) >= 11 is 0. The normalized spacial score (nSPS) is 14.9. The first kappa shape index (κ1) is 11.0. The predicted octanol–water partition coefficient (Wildman–Crippen LogP) is 2.31. The maximum Gasteiger partial charge on any atom is 0.140 e. The van der Waals surface area contributed by atoms with Crippen LogP contribution in [0.4, 0.5) is 4.39 Å². The lowest BCUT2D eigenvalue weighted by atomic mass is 10.0. The van der Waals surface area contributed by atoms with Crippen molar-refractivity contribution in [3.05, 3.63) is 29.8 Å². The topological polar surface area (TPSA) is 21.3 Å². The molecule has 0 saturated heterocycles. The molecule has 1 aromatic rings. The van der Waals surface area contributed by atoms with Gasteiger partial charge in [-0.2, -0.15) is 0 Å². The molecule has 0 amide bonds. The fraction of sp³-hybridized carbons (Fsp3) is 0.455. The van der Waals surface area contributed by atoms with Crippen molar-refractivity contribution in [3.63, 3.8) is 0 Å². The lowest BCUT2D eigenvalue weighted by Crippen LogP contribution is -2.26. The van der Waals surface area contributed by atoms with Gasteiger partial charge >= 0.3 is 0 Å². The van der Waals surface area contributed by atoms with Crippen LogP contribution in [0.25, 0.3) is 0 Å². The van der Waals surface area contributed by atoms with Crippen LogP contribution in [0.2, 0.25) is 0 Å². The second kappa shape index (κ2) is 4.96. The average Bonchev–Trinajstić information content (AvgIpc) is 2.27. The number of nitrogens with one attached hydrogen (secondary N) is 1. The summed E-state index contributed by atoms with van der Waals surface area (Å²) in [4.78, 5) is 0. The summed E-state index contributed by atoms with van der Waals surface area (Å²) in [5.74, 6) is 0.688. The number of methoxy groups -OCH3 is 1. The van der Waals surface area contributed by atoms with E-state index in [-0.39, 0.29) is 6.04 Å². The molecular weight excluding hydrogens is 181 g/mol. The van der Waals surface area contributed by atoms with E-state index in [1.807, 2.05) is 6.92 Å². The molecule has 2 atom stereocenters. The van der Waals surface area contributed by atoms with E-state index in [2.05, 4.69) is 5.32 Å². The van der Waals surface area contributed by atoms with Crippen molar-refractivity contribution >= 4 is 0 Å². The van der Waals surface area contributed by atoms with E-state index < -0.39 is 6.17 Å². The van der Waals surface area contributed by atoms with Gasteiger partial charge in [0.25, 0.3) is 0 Å². The van der Waals surface area contributed by atoms with Crippen LogP contribution in [-0.2, 0) is 0 Å². The number of alkyl halides is 1. The Kier molecular flexibility index (Phi) is 3.89. The van der Waals surface area contributed by atoms with Crippen molar-refractivity contribution in [2.75, 3.05) is 14.2 Å². The zero-order chi connectivity index (χ0) is 10.6. The van der Waals surface area contributed by atoms with Crippen LogP contribution >= 0.6 is 0 Å². The van der Waals surface area contributed by atoms with E-state index in [0.717, 1.165) is 0 Å². The Morgan fingerprint density at radius 1 is 1.43 bits per heavy atom. The third-order valence-electron chi connectivity index (χ3n) is 2.31. The van der Waals surface area contributed by atoms with Crippen LogP contribution in [0.5, 0.6) is 5.75 Å². The number of ether oxygens (including phenoxy) is 1. The van der Waals surface area contributed by atoms with E-state index in [4.69, 9.17) is 4.74 Å². The molecule has 0 heterocycles. The second-order valence-corrected chi connectivity index (χ2v) is 3.26. The molecule has 3 heteroatoms. The van der Waals surface area contributed by atoms with Crippen LogP contribution in [0, 0.1) is 0 Å². The van der Waals surface area contributed by atoms with E-state index >= 15 is 0 Å². The molecule has 2 unspecified atom stereocenters. The Labute approximate surface area is 84.1 Å². The van der Waals surface area contributed by atoms with E-state index in [9.17, 15) is 4.39 Å². The van der Waals surface area contributed by atoms with Crippen LogP contribution in [0.15, 0.2) is 24.3 Å². The van der Waals surface area contributed by atoms with Crippen LogP contribution < -0.4 is 10.1 Å². The summed E-state index contributed by atoms with van der Waals surface area (Å²) in [5, 5.41) is 2.88. The lowest BCUT2D eigenvalue weighted by molar-refractivity contribution is 0.274. The van der Waals surface area contributed by atoms with Crippen molar-refractivity contribution < 1.29 is 9.13 Å². The van der Waals surface area contributed by atoms with Crippen LogP contribution in [0.3, 0.4) is 0 Å². The maximum atomic E-state index is 13.7. The molecule has 78 valence electrons. The van der Waals surface area contributed by atoms with Gasteiger partial charge < -0.3 is 10.1 Å². The first-order chi connectivity index (χ1) is 6.69. The van der Waals surface area contributed by atoms with Crippen LogP contribution in [-0.4, -0.2) is 20.2 Å². The molecule has 0 spiro atoms. The lowest BCUT2D eigenvalue weighted by Gasteiger charge is -2.16. The molecule has 0 aromatic heterocycles. The Hall–Kier alpha value is -1.09. The number of likely N-dealkylation sites (N-methyl/N-ethyl adjacent to an activating group) is 1. The monoisotopic (exact) mass is 197 g/mol. The number of hydrogen-bond donors (Lipinski definition) is 1. The molecule has 1 N–H and O–H groups in total. The molecular formula is C11H16FNO. The minimum absolute atomic E-state index is 0.192. The molecule has 0 aliphatic rings. The van der Waals surface area contributed by atoms with Gasteiger partial charge in [0.1, 0.15) is 11.9 Å². The molecule has 14 heavy (non-hydrogen) atoms. The summed E-state index contributed by atoms with van der Waals surface area (Å²) in [6, 6.07) is 6.89. The molecule has 1 rings (SSSR count). The van der Waals surface area contributed by atoms with Crippen molar-refractivity contribution in [2.45, 2.75) is 19.1 Å². The van der Waals surface area contributed by atoms with Gasteiger partial charge in [-0.05, 0) is 31.7 Å². The Morgan fingerprint density at radius 2 is 2.14 bits per heavy atom. The zero-order valence-electron chi connectivity index (χ0n) is 8.75. The number of rotatable bonds is 4. The van der Waals surface area contributed by atoms with Gasteiger partial charge in [-0.3, -0.25) is 0 Å². The first-order valence-corrected chi connectivity index (χ1v) is 4.64. The van der Waals surface area contributed by atoms with E-state index in [1.54, 1.807) is 38.4 Å². The molecule has 1 aromatic carbocycles. The number of halogens is 1. The van der Waals surface area contributed by atoms with Crippen molar-refractivity contribution in [1.29, 1.82) is 0 Å². The molecule has 0 bridgehead atoms. The standard InChI is InChI=1S/C11H16FNO/c1-8(13-2)11(12)9-5-4-6-10(7-9)14-3/h4-8,11,13H,1-3H3. The fourth-order valence-electron chi connectivity index (χ4n) is 1.25. The smallest absolute Gasteiger partial charge is 0.140 e. The minimum atomic E-state index is -1.00. The van der Waals surface area contributed by atoms with Gasteiger partial charge in [0.05, 0.1) is 7.11 Å². The third kappa shape index (κ3) is 2.45. The molecule has 0 aliphatic carbocycles. The van der Waals surface area contributed by atoms with Gasteiger partial charge in [0, 0.05) is 6.04 Å². The molecule has 0 fully saturated rings. The molecule has 2 nitrogen and oxygen atoms in total. The summed E-state index contributed by atoms with van der Waals surface area (Å²) in [5.41, 5.74) is 0.645. The number of benzene rings is 1. The Bertz CT molecular complexity index is 290. The zero-order valence-corrected chi connectivity index (χ0v) is 8.75. The average molecular weight is 197 g/mol. The summed E-state index contributed by atoms with van der Waals surface area (Å²) < 4.78 is 18.8. The van der Waals surface area contributed by atoms with Crippen molar-refractivity contribution in [1.82, 2.24) is 5.32 Å². The third-order valence-corrected chi connectivity index (χ3v) is 2.31. The van der Waals surface area contributed by atoms with Crippen molar-refractivity contribution in [2.24, 2.45) is 0 Å². The second-order valence-electron chi connectivity index (χ2n) is 3.26. The van der Waals surface area contributed by atoms with Gasteiger partial charge in [-0.25, -0.2) is 4.39 Å². The SMILES string of the molecule is CNC(C)C(F)c1cccc(OC)c1. The largest absolute Gasteiger partial charge is 0.497 e. The van der Waals surface area contributed by atoms with E-state index in [0.29, 0.717) is 11.3 Å². The highest BCUT2D eigenvalue weighted by Crippen LogP contribution is 2.24. The first-order valence-electron chi connectivity index (χ1n) is 4.64. The highest BCUT2D eigenvalue weighted by atomic mass is 19.1. The fourth-order valence-corrected chi connectivity index (χ4v) is 1.25. The van der Waals surface area contributed by atoms with Crippen molar-refractivity contribution in [3.8, 4) is 5.75 Å². The Morgan fingerprint density at radius 3 is 2.71 bits per heavy atom. The van der Waals surface area contributed by atoms with Crippen LogP contribution in [0.1, 0.15) is 18.7 Å². The van der Waals surface area contributed by atoms with Gasteiger partial charge in [-0.1, -0.05) is 12.1 Å². The number of hydrogen-bond acceptors (Lipinski definition) is 2. The summed E-state index contributed by atoms with van der Waals surface area (Å²) in [7, 11) is 3.32. The molecule has 0 radical (unpaired) electrons.